The summed E-state index contributed by atoms with van der Waals surface area (Å²) in [7, 11) is 0. The average Bonchev–Trinajstić information content (AvgIpc) is 2.38. The summed E-state index contributed by atoms with van der Waals surface area (Å²) in [6.07, 6.45) is 1.73. The summed E-state index contributed by atoms with van der Waals surface area (Å²) in [6, 6.07) is 3.19. The summed E-state index contributed by atoms with van der Waals surface area (Å²) in [5.41, 5.74) is 5.05. The first-order chi connectivity index (χ1) is 9.43. The van der Waals surface area contributed by atoms with Gasteiger partial charge in [0.25, 0.3) is 0 Å². The zero-order valence-corrected chi connectivity index (χ0v) is 11.4. The van der Waals surface area contributed by atoms with E-state index in [1.54, 1.807) is 4.90 Å². The first-order valence-electron chi connectivity index (χ1n) is 6.46. The van der Waals surface area contributed by atoms with Gasteiger partial charge in [0.15, 0.2) is 5.78 Å². The van der Waals surface area contributed by atoms with E-state index in [-0.39, 0.29) is 24.4 Å². The summed E-state index contributed by atoms with van der Waals surface area (Å²) in [6.45, 7) is 2.41. The van der Waals surface area contributed by atoms with Crippen LogP contribution in [0.15, 0.2) is 18.2 Å². The molecule has 110 valence electrons. The van der Waals surface area contributed by atoms with E-state index >= 15 is 0 Å². The zero-order chi connectivity index (χ0) is 15.1. The molecule has 0 aliphatic rings. The third-order valence-corrected chi connectivity index (χ3v) is 2.83. The number of primary amides is 1. The number of hydrogen-bond acceptors (Lipinski definition) is 4. The van der Waals surface area contributed by atoms with Crippen molar-refractivity contribution in [2.75, 3.05) is 19.6 Å². The minimum absolute atomic E-state index is 0.0399. The molecule has 0 unspecified atom stereocenters. The van der Waals surface area contributed by atoms with Gasteiger partial charge in [0.1, 0.15) is 11.6 Å². The van der Waals surface area contributed by atoms with Crippen LogP contribution in [0.3, 0.4) is 0 Å². The van der Waals surface area contributed by atoms with Crippen LogP contribution in [0.5, 0.6) is 5.75 Å². The normalized spacial score (nSPS) is 10.8. The smallest absolute Gasteiger partial charge is 0.231 e. The van der Waals surface area contributed by atoms with E-state index in [0.717, 1.165) is 31.0 Å². The van der Waals surface area contributed by atoms with Gasteiger partial charge in [-0.25, -0.2) is 4.39 Å². The highest BCUT2D eigenvalue weighted by atomic mass is 19.1. The maximum atomic E-state index is 13.1. The van der Waals surface area contributed by atoms with Gasteiger partial charge in [-0.15, -0.1) is 0 Å². The topological polar surface area (TPSA) is 83.6 Å². The Kier molecular flexibility index (Phi) is 6.11. The third kappa shape index (κ3) is 4.97. The highest BCUT2D eigenvalue weighted by molar-refractivity contribution is 6.00. The Morgan fingerprint density at radius 3 is 2.65 bits per heavy atom. The number of hydrogen-bond donors (Lipinski definition) is 2. The number of aromatic hydroxyl groups is 1. The monoisotopic (exact) mass is 282 g/mol. The zero-order valence-electron chi connectivity index (χ0n) is 11.4. The number of unbranched alkanes of at least 4 members (excludes halogenated alkanes) is 1. The fourth-order valence-corrected chi connectivity index (χ4v) is 1.84. The molecule has 0 radical (unpaired) electrons. The molecule has 0 aliphatic carbocycles. The van der Waals surface area contributed by atoms with Gasteiger partial charge in [-0.05, 0) is 31.2 Å². The Balaban J connectivity index is 2.78. The summed E-state index contributed by atoms with van der Waals surface area (Å²) >= 11 is 0. The van der Waals surface area contributed by atoms with E-state index in [1.807, 2.05) is 6.92 Å². The highest BCUT2D eigenvalue weighted by Crippen LogP contribution is 2.18. The number of carbonyl (C=O) groups excluding carboxylic acids is 2. The Morgan fingerprint density at radius 2 is 2.05 bits per heavy atom. The van der Waals surface area contributed by atoms with Gasteiger partial charge in [-0.3, -0.25) is 14.5 Å². The molecule has 1 amide bonds. The number of nitrogens with zero attached hydrogens (tertiary/aromatic N) is 1. The van der Waals surface area contributed by atoms with Crippen molar-refractivity contribution in [3.63, 3.8) is 0 Å². The molecule has 0 saturated heterocycles. The minimum Gasteiger partial charge on any atom is -0.507 e. The van der Waals surface area contributed by atoms with Crippen LogP contribution in [-0.4, -0.2) is 41.3 Å². The standard InChI is InChI=1S/C14H19FN2O3/c1-2-3-6-17(9-14(16)20)8-13(19)11-7-10(15)4-5-12(11)18/h4-5,7,18H,2-3,6,8-9H2,1H3,(H2,16,20). The second kappa shape index (κ2) is 7.59. The van der Waals surface area contributed by atoms with E-state index in [1.165, 1.54) is 0 Å². The first-order valence-corrected chi connectivity index (χ1v) is 6.46. The van der Waals surface area contributed by atoms with Gasteiger partial charge in [0.2, 0.25) is 5.91 Å². The van der Waals surface area contributed by atoms with Crippen molar-refractivity contribution in [1.29, 1.82) is 0 Å². The molecular weight excluding hydrogens is 263 g/mol. The highest BCUT2D eigenvalue weighted by Gasteiger charge is 2.17. The van der Waals surface area contributed by atoms with Gasteiger partial charge in [-0.1, -0.05) is 13.3 Å². The lowest BCUT2D eigenvalue weighted by molar-refractivity contribution is -0.119. The summed E-state index contributed by atoms with van der Waals surface area (Å²) in [5.74, 6) is -1.84. The quantitative estimate of drug-likeness (QED) is 0.704. The predicted octanol–water partition coefficient (Wildman–Crippen LogP) is 1.30. The molecule has 6 heteroatoms. The molecule has 5 nitrogen and oxygen atoms in total. The van der Waals surface area contributed by atoms with E-state index in [4.69, 9.17) is 5.73 Å². The van der Waals surface area contributed by atoms with E-state index in [2.05, 4.69) is 0 Å². The fourth-order valence-electron chi connectivity index (χ4n) is 1.84. The van der Waals surface area contributed by atoms with Crippen LogP contribution in [0.25, 0.3) is 0 Å². The number of phenolic OH excluding ortho intramolecular Hbond substituents is 1. The van der Waals surface area contributed by atoms with Crippen LogP contribution >= 0.6 is 0 Å². The van der Waals surface area contributed by atoms with E-state index in [9.17, 15) is 19.1 Å². The van der Waals surface area contributed by atoms with Gasteiger partial charge in [0.05, 0.1) is 18.7 Å². The van der Waals surface area contributed by atoms with Crippen molar-refractivity contribution in [2.24, 2.45) is 5.73 Å². The molecule has 0 bridgehead atoms. The van der Waals surface area contributed by atoms with Gasteiger partial charge >= 0.3 is 0 Å². The minimum atomic E-state index is -0.596. The van der Waals surface area contributed by atoms with E-state index in [0.29, 0.717) is 6.54 Å². The maximum absolute atomic E-state index is 13.1. The predicted molar refractivity (Wildman–Crippen MR) is 72.9 cm³/mol. The Hall–Kier alpha value is -1.95. The largest absolute Gasteiger partial charge is 0.507 e. The molecule has 0 aromatic heterocycles. The molecule has 0 spiro atoms. The lowest BCUT2D eigenvalue weighted by Crippen LogP contribution is -2.38. The van der Waals surface area contributed by atoms with E-state index < -0.39 is 17.5 Å². The number of amides is 1. The summed E-state index contributed by atoms with van der Waals surface area (Å²) < 4.78 is 13.1. The Labute approximate surface area is 117 Å². The van der Waals surface area contributed by atoms with Crippen LogP contribution in [0.1, 0.15) is 30.1 Å². The molecule has 0 heterocycles. The number of nitrogens with two attached hydrogens (primary N) is 1. The number of benzene rings is 1. The molecular formula is C14H19FN2O3. The molecule has 3 N–H and O–H groups in total. The van der Waals surface area contributed by atoms with Crippen LogP contribution in [0.2, 0.25) is 0 Å². The lowest BCUT2D eigenvalue weighted by Gasteiger charge is -2.19. The first kappa shape index (κ1) is 16.1. The molecule has 1 rings (SSSR count). The van der Waals surface area contributed by atoms with Gasteiger partial charge in [0, 0.05) is 0 Å². The number of rotatable bonds is 8. The fraction of sp³-hybridized carbons (Fsp3) is 0.429. The van der Waals surface area contributed by atoms with Gasteiger partial charge in [-0.2, -0.15) is 0 Å². The van der Waals surface area contributed by atoms with Crippen molar-refractivity contribution >= 4 is 11.7 Å². The van der Waals surface area contributed by atoms with Crippen LogP contribution in [0, 0.1) is 5.82 Å². The molecule has 1 aromatic carbocycles. The van der Waals surface area contributed by atoms with Crippen molar-refractivity contribution in [3.8, 4) is 5.75 Å². The second-order valence-electron chi connectivity index (χ2n) is 4.62. The summed E-state index contributed by atoms with van der Waals surface area (Å²) in [4.78, 5) is 24.6. The average molecular weight is 282 g/mol. The molecule has 0 aliphatic heterocycles. The number of phenols is 1. The van der Waals surface area contributed by atoms with Crippen LogP contribution in [0.4, 0.5) is 4.39 Å². The van der Waals surface area contributed by atoms with Crippen LogP contribution < -0.4 is 5.73 Å². The van der Waals surface area contributed by atoms with Crippen LogP contribution in [-0.2, 0) is 4.79 Å². The Bertz CT molecular complexity index is 491. The summed E-state index contributed by atoms with van der Waals surface area (Å²) in [5, 5.41) is 9.58. The van der Waals surface area contributed by atoms with Crippen molar-refractivity contribution in [1.82, 2.24) is 4.90 Å². The molecule has 20 heavy (non-hydrogen) atoms. The third-order valence-electron chi connectivity index (χ3n) is 2.83. The molecule has 0 fully saturated rings. The second-order valence-corrected chi connectivity index (χ2v) is 4.62. The number of carbonyl (C=O) groups is 2. The number of halogens is 1. The number of ketones is 1. The molecule has 0 atom stereocenters. The number of Topliss-reactive ketones (excluding diaryl/α,β-unsaturated/α-hetero) is 1. The molecule has 1 aromatic rings. The van der Waals surface area contributed by atoms with Crippen molar-refractivity contribution < 1.29 is 19.1 Å². The molecule has 0 saturated carbocycles. The lowest BCUT2D eigenvalue weighted by atomic mass is 10.1. The maximum Gasteiger partial charge on any atom is 0.231 e. The van der Waals surface area contributed by atoms with Crippen molar-refractivity contribution in [2.45, 2.75) is 19.8 Å². The van der Waals surface area contributed by atoms with Gasteiger partial charge < -0.3 is 10.8 Å². The van der Waals surface area contributed by atoms with Crippen molar-refractivity contribution in [3.05, 3.63) is 29.6 Å². The Morgan fingerprint density at radius 1 is 1.35 bits per heavy atom. The SMILES string of the molecule is CCCCN(CC(N)=O)CC(=O)c1cc(F)ccc1O.